The predicted molar refractivity (Wildman–Crippen MR) is 105 cm³/mol. The van der Waals surface area contributed by atoms with Gasteiger partial charge < -0.3 is 14.2 Å². The summed E-state index contributed by atoms with van der Waals surface area (Å²) in [6.07, 6.45) is 4.63. The zero-order valence-electron chi connectivity index (χ0n) is 15.1. The highest BCUT2D eigenvalue weighted by molar-refractivity contribution is 6.33. The first-order valence-electron chi connectivity index (χ1n) is 8.43. The fraction of sp³-hybridized carbons (Fsp3) is 0.100. The topological polar surface area (TPSA) is 94.1 Å². The third-order valence-electron chi connectivity index (χ3n) is 4.02. The Morgan fingerprint density at radius 1 is 1.14 bits per heavy atom. The SMILES string of the molecule is CC(=O)Nc1cc(-c2nc(-c3ccccc3Cl)c(-c3ncco3)o2)c(C)cn1. The third kappa shape index (κ3) is 3.39. The second-order valence-corrected chi connectivity index (χ2v) is 6.49. The van der Waals surface area contributed by atoms with Gasteiger partial charge in [-0.05, 0) is 24.6 Å². The summed E-state index contributed by atoms with van der Waals surface area (Å²) in [5.74, 6) is 1.19. The van der Waals surface area contributed by atoms with Crippen molar-refractivity contribution in [1.29, 1.82) is 0 Å². The Labute approximate surface area is 165 Å². The van der Waals surface area contributed by atoms with Crippen molar-refractivity contribution in [3.05, 3.63) is 59.6 Å². The number of nitrogens with zero attached hydrogens (tertiary/aromatic N) is 3. The Balaban J connectivity index is 1.90. The number of carbonyl (C=O) groups is 1. The van der Waals surface area contributed by atoms with Crippen LogP contribution in [0.3, 0.4) is 0 Å². The molecule has 0 aliphatic carbocycles. The smallest absolute Gasteiger partial charge is 0.265 e. The van der Waals surface area contributed by atoms with Crippen molar-refractivity contribution in [2.75, 3.05) is 5.32 Å². The lowest BCUT2D eigenvalue weighted by atomic mass is 10.1. The number of aromatic nitrogens is 3. The molecule has 0 aliphatic rings. The average Bonchev–Trinajstić information content (AvgIpc) is 3.32. The molecule has 0 unspecified atom stereocenters. The van der Waals surface area contributed by atoms with Gasteiger partial charge in [-0.1, -0.05) is 29.8 Å². The van der Waals surface area contributed by atoms with Gasteiger partial charge in [-0.2, -0.15) is 0 Å². The van der Waals surface area contributed by atoms with Crippen molar-refractivity contribution in [2.45, 2.75) is 13.8 Å². The molecular formula is C20H15ClN4O3. The average molecular weight is 395 g/mol. The standard InChI is InChI=1S/C20H15ClN4O3/c1-11-10-23-16(24-12(2)26)9-14(11)19-25-17(13-5-3-4-6-15(13)21)18(28-19)20-22-7-8-27-20/h3-10H,1-2H3,(H,23,24,26). The van der Waals surface area contributed by atoms with Crippen LogP contribution in [0.4, 0.5) is 5.82 Å². The van der Waals surface area contributed by atoms with Gasteiger partial charge in [-0.15, -0.1) is 0 Å². The number of hydrogen-bond acceptors (Lipinski definition) is 6. The summed E-state index contributed by atoms with van der Waals surface area (Å²) in [7, 11) is 0. The summed E-state index contributed by atoms with van der Waals surface area (Å²) in [5, 5.41) is 3.19. The van der Waals surface area contributed by atoms with E-state index in [0.717, 1.165) is 5.56 Å². The maximum absolute atomic E-state index is 11.4. The number of rotatable bonds is 4. The molecule has 0 saturated carbocycles. The van der Waals surface area contributed by atoms with Gasteiger partial charge in [-0.3, -0.25) is 4.79 Å². The number of halogens is 1. The Morgan fingerprint density at radius 3 is 2.68 bits per heavy atom. The molecule has 0 fully saturated rings. The minimum atomic E-state index is -0.216. The lowest BCUT2D eigenvalue weighted by Gasteiger charge is -2.05. The normalized spacial score (nSPS) is 10.8. The van der Waals surface area contributed by atoms with Gasteiger partial charge in [0.25, 0.3) is 5.89 Å². The maximum Gasteiger partial charge on any atom is 0.265 e. The number of amides is 1. The fourth-order valence-corrected chi connectivity index (χ4v) is 2.98. The van der Waals surface area contributed by atoms with E-state index in [4.69, 9.17) is 20.4 Å². The first-order chi connectivity index (χ1) is 13.5. The van der Waals surface area contributed by atoms with Crippen LogP contribution in [0.5, 0.6) is 0 Å². The summed E-state index contributed by atoms with van der Waals surface area (Å²) in [6, 6.07) is 9.03. The maximum atomic E-state index is 11.4. The molecule has 140 valence electrons. The van der Waals surface area contributed by atoms with E-state index in [-0.39, 0.29) is 5.91 Å². The molecule has 4 aromatic rings. The van der Waals surface area contributed by atoms with Crippen LogP contribution in [-0.2, 0) is 4.79 Å². The second-order valence-electron chi connectivity index (χ2n) is 6.08. The molecule has 3 heterocycles. The Kier molecular flexibility index (Phi) is 4.67. The van der Waals surface area contributed by atoms with Crippen LogP contribution in [0, 0.1) is 6.92 Å². The zero-order chi connectivity index (χ0) is 19.7. The number of benzene rings is 1. The van der Waals surface area contributed by atoms with Gasteiger partial charge in [0.05, 0.1) is 11.2 Å². The summed E-state index contributed by atoms with van der Waals surface area (Å²) in [6.45, 7) is 3.30. The summed E-state index contributed by atoms with van der Waals surface area (Å²) >= 11 is 6.37. The van der Waals surface area contributed by atoms with Gasteiger partial charge in [0, 0.05) is 24.2 Å². The number of oxazole rings is 2. The number of anilines is 1. The van der Waals surface area contributed by atoms with Crippen LogP contribution in [-0.4, -0.2) is 20.9 Å². The fourth-order valence-electron chi connectivity index (χ4n) is 2.75. The molecule has 8 heteroatoms. The van der Waals surface area contributed by atoms with Crippen LogP contribution in [0.2, 0.25) is 5.02 Å². The molecule has 0 bridgehead atoms. The number of hydrogen-bond donors (Lipinski definition) is 1. The molecule has 0 aliphatic heterocycles. The van der Waals surface area contributed by atoms with Crippen molar-refractivity contribution in [1.82, 2.24) is 15.0 Å². The van der Waals surface area contributed by atoms with Gasteiger partial charge >= 0.3 is 0 Å². The van der Waals surface area contributed by atoms with E-state index in [0.29, 0.717) is 45.2 Å². The molecule has 0 saturated heterocycles. The van der Waals surface area contributed by atoms with E-state index in [1.807, 2.05) is 25.1 Å². The van der Waals surface area contributed by atoms with Crippen LogP contribution in [0.15, 0.2) is 57.8 Å². The quantitative estimate of drug-likeness (QED) is 0.524. The van der Waals surface area contributed by atoms with Gasteiger partial charge in [0.15, 0.2) is 0 Å². The summed E-state index contributed by atoms with van der Waals surface area (Å²) < 4.78 is 11.4. The van der Waals surface area contributed by atoms with Gasteiger partial charge in [-0.25, -0.2) is 15.0 Å². The van der Waals surface area contributed by atoms with E-state index >= 15 is 0 Å². The second kappa shape index (κ2) is 7.28. The monoisotopic (exact) mass is 394 g/mol. The first-order valence-corrected chi connectivity index (χ1v) is 8.81. The molecule has 1 amide bonds. The lowest BCUT2D eigenvalue weighted by Crippen LogP contribution is -2.07. The molecule has 7 nitrogen and oxygen atoms in total. The van der Waals surface area contributed by atoms with Gasteiger partial charge in [0.1, 0.15) is 17.8 Å². The van der Waals surface area contributed by atoms with Crippen LogP contribution < -0.4 is 5.32 Å². The lowest BCUT2D eigenvalue weighted by molar-refractivity contribution is -0.114. The van der Waals surface area contributed by atoms with Crippen LogP contribution in [0.25, 0.3) is 34.4 Å². The molecule has 3 aromatic heterocycles. The van der Waals surface area contributed by atoms with Crippen molar-refractivity contribution in [2.24, 2.45) is 0 Å². The molecule has 4 rings (SSSR count). The van der Waals surface area contributed by atoms with Crippen LogP contribution >= 0.6 is 11.6 Å². The highest BCUT2D eigenvalue weighted by Gasteiger charge is 2.23. The van der Waals surface area contributed by atoms with Crippen molar-refractivity contribution in [3.63, 3.8) is 0 Å². The zero-order valence-corrected chi connectivity index (χ0v) is 15.8. The minimum absolute atomic E-state index is 0.216. The predicted octanol–water partition coefficient (Wildman–Crippen LogP) is 4.98. The molecule has 1 N–H and O–H groups in total. The van der Waals surface area contributed by atoms with E-state index in [1.54, 1.807) is 18.3 Å². The Bertz CT molecular complexity index is 1150. The minimum Gasteiger partial charge on any atom is -0.442 e. The highest BCUT2D eigenvalue weighted by Crippen LogP contribution is 2.38. The van der Waals surface area contributed by atoms with Crippen molar-refractivity contribution >= 4 is 23.3 Å². The molecular weight excluding hydrogens is 380 g/mol. The number of carbonyl (C=O) groups excluding carboxylic acids is 1. The Hall–Kier alpha value is -3.45. The molecule has 0 radical (unpaired) electrons. The van der Waals surface area contributed by atoms with Crippen molar-refractivity contribution < 1.29 is 13.6 Å². The Morgan fingerprint density at radius 2 is 1.96 bits per heavy atom. The van der Waals surface area contributed by atoms with E-state index in [9.17, 15) is 4.79 Å². The molecule has 0 atom stereocenters. The number of nitrogens with one attached hydrogen (secondary N) is 1. The highest BCUT2D eigenvalue weighted by atomic mass is 35.5. The molecule has 1 aromatic carbocycles. The summed E-state index contributed by atoms with van der Waals surface area (Å²) in [4.78, 5) is 24.4. The molecule has 28 heavy (non-hydrogen) atoms. The van der Waals surface area contributed by atoms with Crippen molar-refractivity contribution in [3.8, 4) is 34.4 Å². The summed E-state index contributed by atoms with van der Waals surface area (Å²) in [5.41, 5.74) is 2.73. The van der Waals surface area contributed by atoms with E-state index in [2.05, 4.69) is 20.3 Å². The first kappa shape index (κ1) is 17.9. The largest absolute Gasteiger partial charge is 0.442 e. The van der Waals surface area contributed by atoms with Gasteiger partial charge in [0.2, 0.25) is 17.6 Å². The van der Waals surface area contributed by atoms with Crippen LogP contribution in [0.1, 0.15) is 12.5 Å². The van der Waals surface area contributed by atoms with E-state index in [1.165, 1.54) is 19.4 Å². The number of pyridine rings is 1. The third-order valence-corrected chi connectivity index (χ3v) is 4.35. The van der Waals surface area contributed by atoms with E-state index < -0.39 is 0 Å². The number of aryl methyl sites for hydroxylation is 1. The molecule has 0 spiro atoms.